The van der Waals surface area contributed by atoms with Crippen LogP contribution in [0.25, 0.3) is 27.7 Å². The van der Waals surface area contributed by atoms with Gasteiger partial charge in [-0.15, -0.1) is 0 Å². The fraction of sp³-hybridized carbons (Fsp3) is 0.375. The van der Waals surface area contributed by atoms with Crippen LogP contribution in [0.2, 0.25) is 0 Å². The molecule has 0 atom stereocenters. The molecule has 0 radical (unpaired) electrons. The maximum atomic E-state index is 13.3. The number of pyridine rings is 1. The van der Waals surface area contributed by atoms with Crippen LogP contribution in [0.4, 0.5) is 0 Å². The summed E-state index contributed by atoms with van der Waals surface area (Å²) in [7, 11) is 1.66. The number of rotatable bonds is 4. The second-order valence-electron chi connectivity index (χ2n) is 8.09. The number of hydrogen-bond donors (Lipinski definition) is 0. The molecule has 154 valence electrons. The highest BCUT2D eigenvalue weighted by Gasteiger charge is 2.20. The van der Waals surface area contributed by atoms with E-state index in [-0.39, 0.29) is 11.6 Å². The predicted molar refractivity (Wildman–Crippen MR) is 118 cm³/mol. The van der Waals surface area contributed by atoms with Crippen LogP contribution in [0.5, 0.6) is 0 Å². The largest absolute Gasteiger partial charge is 0.378 e. The first kappa shape index (κ1) is 19.0. The molecule has 1 aromatic carbocycles. The van der Waals surface area contributed by atoms with E-state index in [1.54, 1.807) is 17.8 Å². The summed E-state index contributed by atoms with van der Waals surface area (Å²) < 4.78 is 9.11. The zero-order valence-corrected chi connectivity index (χ0v) is 17.3. The van der Waals surface area contributed by atoms with Crippen LogP contribution in [0.15, 0.2) is 53.6 Å². The molecule has 0 bridgehead atoms. The summed E-state index contributed by atoms with van der Waals surface area (Å²) in [5.74, 6) is 0. The number of hydrogen-bond acceptors (Lipinski definition) is 4. The molecule has 4 aromatic rings. The molecule has 3 aromatic heterocycles. The SMILES string of the molecule is COCc1nn2c(ncc3c(=O)n(C4CCCCCC4)ccc32)c1-c1ccccc1. The van der Waals surface area contributed by atoms with Gasteiger partial charge in [0.15, 0.2) is 5.65 Å². The summed E-state index contributed by atoms with van der Waals surface area (Å²) in [6, 6.07) is 12.4. The molecule has 0 N–H and O–H groups in total. The summed E-state index contributed by atoms with van der Waals surface area (Å²) in [4.78, 5) is 18.0. The third kappa shape index (κ3) is 3.21. The average Bonchev–Trinajstić information content (AvgIpc) is 2.94. The second kappa shape index (κ2) is 8.03. The van der Waals surface area contributed by atoms with Crippen LogP contribution in [0.3, 0.4) is 0 Å². The molecule has 0 unspecified atom stereocenters. The number of ether oxygens (including phenoxy) is 1. The van der Waals surface area contributed by atoms with E-state index < -0.39 is 0 Å². The molecule has 0 aliphatic heterocycles. The smallest absolute Gasteiger partial charge is 0.261 e. The molecule has 6 nitrogen and oxygen atoms in total. The van der Waals surface area contributed by atoms with Crippen molar-refractivity contribution in [3.8, 4) is 11.1 Å². The normalized spacial score (nSPS) is 15.6. The van der Waals surface area contributed by atoms with Crippen molar-refractivity contribution in [3.63, 3.8) is 0 Å². The minimum Gasteiger partial charge on any atom is -0.378 e. The lowest BCUT2D eigenvalue weighted by Gasteiger charge is -2.18. The standard InChI is InChI=1S/C24H26N4O2/c1-30-16-20-22(17-9-5-4-6-10-17)23-25-15-19-21(28(23)26-20)13-14-27(24(19)29)18-11-7-2-3-8-12-18/h4-6,9-10,13-15,18H,2-3,7-8,11-12,16H2,1H3. The highest BCUT2D eigenvalue weighted by molar-refractivity contribution is 5.86. The lowest BCUT2D eigenvalue weighted by atomic mass is 10.1. The van der Waals surface area contributed by atoms with Crippen molar-refractivity contribution in [2.75, 3.05) is 7.11 Å². The highest BCUT2D eigenvalue weighted by Crippen LogP contribution is 2.30. The first-order valence-corrected chi connectivity index (χ1v) is 10.7. The van der Waals surface area contributed by atoms with Gasteiger partial charge in [-0.05, 0) is 24.5 Å². The zero-order valence-electron chi connectivity index (χ0n) is 17.3. The van der Waals surface area contributed by atoms with E-state index >= 15 is 0 Å². The van der Waals surface area contributed by atoms with E-state index in [0.717, 1.165) is 40.8 Å². The van der Waals surface area contributed by atoms with Crippen molar-refractivity contribution in [1.29, 1.82) is 0 Å². The van der Waals surface area contributed by atoms with E-state index in [2.05, 4.69) is 4.98 Å². The Morgan fingerprint density at radius 1 is 1.07 bits per heavy atom. The fourth-order valence-electron chi connectivity index (χ4n) is 4.69. The molecule has 1 saturated carbocycles. The quantitative estimate of drug-likeness (QED) is 0.462. The molecular weight excluding hydrogens is 376 g/mol. The van der Waals surface area contributed by atoms with E-state index in [4.69, 9.17) is 9.84 Å². The Morgan fingerprint density at radius 3 is 2.57 bits per heavy atom. The Balaban J connectivity index is 1.70. The van der Waals surface area contributed by atoms with E-state index in [0.29, 0.717) is 12.0 Å². The summed E-state index contributed by atoms with van der Waals surface area (Å²) in [6.07, 6.45) is 10.7. The highest BCUT2D eigenvalue weighted by atomic mass is 16.5. The van der Waals surface area contributed by atoms with Crippen LogP contribution in [0, 0.1) is 0 Å². The molecule has 0 saturated heterocycles. The molecule has 1 fully saturated rings. The van der Waals surface area contributed by atoms with Crippen LogP contribution in [-0.4, -0.2) is 26.3 Å². The van der Waals surface area contributed by atoms with E-state index in [9.17, 15) is 4.79 Å². The van der Waals surface area contributed by atoms with Gasteiger partial charge >= 0.3 is 0 Å². The Morgan fingerprint density at radius 2 is 1.83 bits per heavy atom. The minimum absolute atomic E-state index is 0.0267. The van der Waals surface area contributed by atoms with Gasteiger partial charge in [0.2, 0.25) is 0 Å². The summed E-state index contributed by atoms with van der Waals surface area (Å²) in [5.41, 5.74) is 4.36. The fourth-order valence-corrected chi connectivity index (χ4v) is 4.69. The Kier molecular flexibility index (Phi) is 5.09. The Bertz CT molecular complexity index is 1240. The van der Waals surface area contributed by atoms with Gasteiger partial charge in [-0.2, -0.15) is 5.10 Å². The summed E-state index contributed by atoms with van der Waals surface area (Å²) in [6.45, 7) is 0.383. The predicted octanol–water partition coefficient (Wildman–Crippen LogP) is 4.75. The first-order valence-electron chi connectivity index (χ1n) is 10.7. The molecule has 1 aliphatic carbocycles. The third-order valence-electron chi connectivity index (χ3n) is 6.17. The monoisotopic (exact) mass is 402 g/mol. The van der Waals surface area contributed by atoms with Crippen LogP contribution < -0.4 is 5.56 Å². The first-order chi connectivity index (χ1) is 14.8. The lowest BCUT2D eigenvalue weighted by Crippen LogP contribution is -2.24. The molecule has 30 heavy (non-hydrogen) atoms. The number of nitrogens with zero attached hydrogens (tertiary/aromatic N) is 4. The third-order valence-corrected chi connectivity index (χ3v) is 6.17. The molecule has 5 rings (SSSR count). The molecule has 0 amide bonds. The van der Waals surface area contributed by atoms with Gasteiger partial charge in [-0.25, -0.2) is 9.50 Å². The Hall–Kier alpha value is -2.99. The van der Waals surface area contributed by atoms with Gasteiger partial charge in [0.1, 0.15) is 0 Å². The van der Waals surface area contributed by atoms with Crippen molar-refractivity contribution in [2.45, 2.75) is 51.2 Å². The number of aromatic nitrogens is 4. The van der Waals surface area contributed by atoms with Crippen molar-refractivity contribution in [2.24, 2.45) is 0 Å². The molecular formula is C24H26N4O2. The van der Waals surface area contributed by atoms with Crippen LogP contribution >= 0.6 is 0 Å². The van der Waals surface area contributed by atoms with E-state index in [1.165, 1.54) is 25.7 Å². The average molecular weight is 402 g/mol. The van der Waals surface area contributed by atoms with Crippen LogP contribution in [0.1, 0.15) is 50.3 Å². The van der Waals surface area contributed by atoms with Gasteiger partial charge in [0, 0.05) is 25.5 Å². The van der Waals surface area contributed by atoms with E-state index in [1.807, 2.05) is 47.2 Å². The topological polar surface area (TPSA) is 61.4 Å². The van der Waals surface area contributed by atoms with Gasteiger partial charge in [0.25, 0.3) is 5.56 Å². The maximum absolute atomic E-state index is 13.3. The number of benzene rings is 1. The van der Waals surface area contributed by atoms with Crippen molar-refractivity contribution in [1.82, 2.24) is 19.2 Å². The molecule has 6 heteroatoms. The molecule has 3 heterocycles. The van der Waals surface area contributed by atoms with Crippen molar-refractivity contribution < 1.29 is 4.74 Å². The molecule has 1 aliphatic rings. The zero-order chi connectivity index (χ0) is 20.5. The summed E-state index contributed by atoms with van der Waals surface area (Å²) >= 11 is 0. The van der Waals surface area contributed by atoms with Crippen molar-refractivity contribution >= 4 is 16.6 Å². The lowest BCUT2D eigenvalue weighted by molar-refractivity contribution is 0.181. The maximum Gasteiger partial charge on any atom is 0.261 e. The van der Waals surface area contributed by atoms with Crippen LogP contribution in [-0.2, 0) is 11.3 Å². The Labute approximate surface area is 175 Å². The summed E-state index contributed by atoms with van der Waals surface area (Å²) in [5, 5.41) is 5.40. The minimum atomic E-state index is 0.0267. The number of methoxy groups -OCH3 is 1. The number of fused-ring (bicyclic) bond motifs is 3. The van der Waals surface area contributed by atoms with Gasteiger partial charge in [-0.3, -0.25) is 4.79 Å². The van der Waals surface area contributed by atoms with Crippen molar-refractivity contribution in [3.05, 3.63) is 64.8 Å². The molecule has 0 spiro atoms. The second-order valence-corrected chi connectivity index (χ2v) is 8.09. The van der Waals surface area contributed by atoms with Gasteiger partial charge < -0.3 is 9.30 Å². The van der Waals surface area contributed by atoms with Gasteiger partial charge in [-0.1, -0.05) is 56.0 Å². The van der Waals surface area contributed by atoms with Gasteiger partial charge in [0.05, 0.1) is 28.8 Å².